The van der Waals surface area contributed by atoms with E-state index in [0.717, 1.165) is 38.0 Å². The molecule has 0 unspecified atom stereocenters. The second-order valence-electron chi connectivity index (χ2n) is 12.8. The summed E-state index contributed by atoms with van der Waals surface area (Å²) in [4.78, 5) is 8.00. The maximum Gasteiger partial charge on any atom is 0.119 e. The van der Waals surface area contributed by atoms with Gasteiger partial charge in [-0.3, -0.25) is 0 Å². The Hall–Kier alpha value is -2.33. The topological polar surface area (TPSA) is 70.1 Å². The van der Waals surface area contributed by atoms with Gasteiger partial charge in [-0.05, 0) is 67.3 Å². The monoisotopic (exact) mass is 641 g/mol. The third kappa shape index (κ3) is 26.8. The first kappa shape index (κ1) is 43.7. The Kier molecular flexibility index (Phi) is 32.3. The molecule has 1 saturated heterocycles. The van der Waals surface area contributed by atoms with Gasteiger partial charge in [0.25, 0.3) is 0 Å². The molecular formula is C42H72O4. The third-order valence-electron chi connectivity index (χ3n) is 8.57. The van der Waals surface area contributed by atoms with E-state index in [1.165, 1.54) is 146 Å². The lowest BCUT2D eigenvalue weighted by atomic mass is 9.95. The molecule has 2 N–H and O–H groups in total. The molecule has 0 atom stereocenters. The minimum atomic E-state index is 0.452. The second-order valence-corrected chi connectivity index (χ2v) is 12.8. The molecule has 4 nitrogen and oxygen atoms in total. The van der Waals surface area contributed by atoms with Crippen molar-refractivity contribution in [1.82, 2.24) is 0 Å². The van der Waals surface area contributed by atoms with E-state index in [1.807, 2.05) is 37.1 Å². The normalized spacial score (nSPS) is 11.4. The van der Waals surface area contributed by atoms with Crippen molar-refractivity contribution in [2.75, 3.05) is 13.2 Å². The molecule has 0 aromatic heterocycles. The molecule has 1 aliphatic heterocycles. The molecule has 0 bridgehead atoms. The highest BCUT2D eigenvalue weighted by molar-refractivity contribution is 5.39. The predicted molar refractivity (Wildman–Crippen MR) is 199 cm³/mol. The molecule has 46 heavy (non-hydrogen) atoms. The third-order valence-corrected chi connectivity index (χ3v) is 8.57. The van der Waals surface area contributed by atoms with E-state index in [1.54, 1.807) is 6.07 Å². The molecule has 2 aromatic carbocycles. The molecule has 0 spiro atoms. The van der Waals surface area contributed by atoms with E-state index >= 15 is 0 Å². The van der Waals surface area contributed by atoms with Gasteiger partial charge < -0.3 is 19.7 Å². The van der Waals surface area contributed by atoms with Gasteiger partial charge in [-0.2, -0.15) is 0 Å². The van der Waals surface area contributed by atoms with Crippen molar-refractivity contribution in [2.45, 2.75) is 175 Å². The lowest BCUT2D eigenvalue weighted by Gasteiger charge is -2.12. The van der Waals surface area contributed by atoms with E-state index in [-0.39, 0.29) is 0 Å². The van der Waals surface area contributed by atoms with Crippen LogP contribution in [-0.4, -0.2) is 30.2 Å². The zero-order valence-electron chi connectivity index (χ0n) is 30.3. The van der Waals surface area contributed by atoms with Crippen LogP contribution in [0.5, 0.6) is 11.5 Å². The number of unbranched alkanes of at least 4 members (excludes halogenated alkanes) is 18. The van der Waals surface area contributed by atoms with Gasteiger partial charge in [-0.1, -0.05) is 167 Å². The van der Waals surface area contributed by atoms with Gasteiger partial charge in [0, 0.05) is 0 Å². The molecule has 264 valence electrons. The molecule has 0 amide bonds. The molecule has 2 aromatic rings. The van der Waals surface area contributed by atoms with Gasteiger partial charge in [0.1, 0.15) is 18.3 Å². The number of aromatic hydroxyl groups is 2. The number of hydrogen-bond acceptors (Lipinski definition) is 4. The van der Waals surface area contributed by atoms with Crippen LogP contribution in [0.2, 0.25) is 0 Å². The summed E-state index contributed by atoms with van der Waals surface area (Å²) in [5.41, 5.74) is 3.71. The van der Waals surface area contributed by atoms with Gasteiger partial charge in [0.05, 0.1) is 13.2 Å². The first-order valence-corrected chi connectivity index (χ1v) is 19.1. The van der Waals surface area contributed by atoms with Crippen molar-refractivity contribution in [3.05, 3.63) is 59.2 Å². The lowest BCUT2D eigenvalue weighted by molar-refractivity contribution is -0.0980. The molecule has 1 heterocycles. The summed E-state index contributed by atoms with van der Waals surface area (Å²) in [5, 5.41) is 19.8. The van der Waals surface area contributed by atoms with Gasteiger partial charge in [-0.25, -0.2) is 0 Å². The number of carbonyl (C=O) groups is 1. The van der Waals surface area contributed by atoms with Crippen molar-refractivity contribution >= 4 is 6.79 Å². The van der Waals surface area contributed by atoms with Crippen LogP contribution < -0.4 is 0 Å². The Morgan fingerprint density at radius 1 is 0.478 bits per heavy atom. The van der Waals surface area contributed by atoms with Crippen molar-refractivity contribution in [3.63, 3.8) is 0 Å². The Morgan fingerprint density at radius 3 is 1.26 bits per heavy atom. The van der Waals surface area contributed by atoms with Gasteiger partial charge in [0.15, 0.2) is 0 Å². The fraction of sp³-hybridized carbons (Fsp3) is 0.690. The highest BCUT2D eigenvalue weighted by Gasteiger charge is 2.08. The zero-order valence-corrected chi connectivity index (χ0v) is 30.3. The number of carbonyl (C=O) groups excluding carboxylic acids is 1. The molecule has 0 aliphatic carbocycles. The second kappa shape index (κ2) is 34.0. The fourth-order valence-electron chi connectivity index (χ4n) is 5.67. The summed E-state index contributed by atoms with van der Waals surface area (Å²) in [6.07, 6.45) is 31.2. The van der Waals surface area contributed by atoms with Crippen molar-refractivity contribution in [2.24, 2.45) is 0 Å². The Bertz CT molecular complexity index is 908. The largest absolute Gasteiger partial charge is 0.508 e. The highest BCUT2D eigenvalue weighted by atomic mass is 16.6. The van der Waals surface area contributed by atoms with E-state index in [2.05, 4.69) is 31.6 Å². The van der Waals surface area contributed by atoms with Crippen molar-refractivity contribution in [1.29, 1.82) is 0 Å². The summed E-state index contributed by atoms with van der Waals surface area (Å²) < 4.78 is 4.50. The van der Waals surface area contributed by atoms with Gasteiger partial charge in [-0.15, -0.1) is 0 Å². The van der Waals surface area contributed by atoms with Crippen molar-refractivity contribution in [3.8, 4) is 11.5 Å². The van der Waals surface area contributed by atoms with Crippen LogP contribution in [0.1, 0.15) is 172 Å². The van der Waals surface area contributed by atoms with Crippen LogP contribution in [0.15, 0.2) is 42.5 Å². The first-order chi connectivity index (χ1) is 22.6. The van der Waals surface area contributed by atoms with E-state index in [9.17, 15) is 10.2 Å². The average molecular weight is 641 g/mol. The average Bonchev–Trinajstić information content (AvgIpc) is 3.97. The van der Waals surface area contributed by atoms with E-state index in [4.69, 9.17) is 4.79 Å². The fourth-order valence-corrected chi connectivity index (χ4v) is 5.67. The van der Waals surface area contributed by atoms with Crippen LogP contribution in [0.25, 0.3) is 0 Å². The van der Waals surface area contributed by atoms with Crippen LogP contribution in [0, 0.1) is 0 Å². The number of phenolic OH excluding ortho intramolecular Hbond substituents is 2. The molecule has 1 aliphatic rings. The van der Waals surface area contributed by atoms with E-state index in [0.29, 0.717) is 11.5 Å². The molecule has 3 rings (SSSR count). The Labute approximate surface area is 284 Å². The van der Waals surface area contributed by atoms with Crippen LogP contribution in [0.3, 0.4) is 0 Å². The lowest BCUT2D eigenvalue weighted by Crippen LogP contribution is -1.96. The number of phenols is 2. The summed E-state index contributed by atoms with van der Waals surface area (Å²) in [5.74, 6) is 0.972. The number of rotatable bonds is 24. The standard InChI is InChI=1S/C24H42O.C15H24O.C2H4O.CH2O/c1-3-5-7-9-11-13-15-18-22-19-17-21-24(25)23(22)20-16-14-12-10-8-6-4-2;1-2-3-4-5-6-7-8-11-14-12-9-10-13-15(14)16;1-2-3-1;1-2/h17,19,21,25H,3-16,18,20H2,1-2H3;9-10,12-13,16H,2-8,11H2,1H3;1-2H2;1H2. The molecule has 1 fully saturated rings. The number of aryl methyl sites for hydroxylation is 2. The predicted octanol–water partition coefficient (Wildman–Crippen LogP) is 12.5. The molecule has 0 saturated carbocycles. The minimum absolute atomic E-state index is 0.452. The first-order valence-electron chi connectivity index (χ1n) is 19.1. The highest BCUT2D eigenvalue weighted by Crippen LogP contribution is 2.25. The summed E-state index contributed by atoms with van der Waals surface area (Å²) >= 11 is 0. The Balaban J connectivity index is 0.000000817. The summed E-state index contributed by atoms with van der Waals surface area (Å²) in [7, 11) is 0. The maximum absolute atomic E-state index is 10.3. The van der Waals surface area contributed by atoms with E-state index < -0.39 is 0 Å². The zero-order chi connectivity index (χ0) is 33.9. The molecule has 4 heteroatoms. The Morgan fingerprint density at radius 2 is 0.826 bits per heavy atom. The van der Waals surface area contributed by atoms with Crippen LogP contribution >= 0.6 is 0 Å². The smallest absolute Gasteiger partial charge is 0.119 e. The SMILES string of the molecule is C1CO1.C=O.CCCCCCCCCc1cccc(O)c1CCCCCCCCC.CCCCCCCCCc1ccccc1O. The molecular weight excluding hydrogens is 568 g/mol. The number of epoxide rings is 1. The number of benzene rings is 2. The van der Waals surface area contributed by atoms with Crippen LogP contribution in [0.4, 0.5) is 0 Å². The number of ether oxygens (including phenoxy) is 1. The summed E-state index contributed by atoms with van der Waals surface area (Å²) in [6.45, 7) is 10.8. The van der Waals surface area contributed by atoms with Gasteiger partial charge in [0.2, 0.25) is 0 Å². The van der Waals surface area contributed by atoms with Gasteiger partial charge >= 0.3 is 0 Å². The number of para-hydroxylation sites is 1. The minimum Gasteiger partial charge on any atom is -0.508 e. The number of hydrogen-bond donors (Lipinski definition) is 2. The summed E-state index contributed by atoms with van der Waals surface area (Å²) in [6, 6.07) is 13.8. The van der Waals surface area contributed by atoms with Crippen molar-refractivity contribution < 1.29 is 19.7 Å². The molecule has 0 radical (unpaired) electrons. The van der Waals surface area contributed by atoms with Crippen LogP contribution in [-0.2, 0) is 28.8 Å². The maximum atomic E-state index is 10.3. The quantitative estimate of drug-likeness (QED) is 0.0884.